The highest BCUT2D eigenvalue weighted by atomic mass is 127. The fraction of sp³-hybridized carbons (Fsp3) is 0.611. The molecule has 1 aliphatic rings. The van der Waals surface area contributed by atoms with E-state index < -0.39 is 0 Å². The van der Waals surface area contributed by atoms with Crippen LogP contribution in [0.4, 0.5) is 0 Å². The van der Waals surface area contributed by atoms with Gasteiger partial charge < -0.3 is 20.5 Å². The van der Waals surface area contributed by atoms with E-state index in [1.54, 1.807) is 0 Å². The maximum atomic E-state index is 5.96. The van der Waals surface area contributed by atoms with Crippen LogP contribution >= 0.6 is 24.0 Å². The second-order valence-electron chi connectivity index (χ2n) is 5.89. The van der Waals surface area contributed by atoms with Crippen LogP contribution in [0.2, 0.25) is 0 Å². The summed E-state index contributed by atoms with van der Waals surface area (Å²) in [5.74, 6) is 1.38. The quantitative estimate of drug-likeness (QED) is 0.255. The molecule has 0 bridgehead atoms. The van der Waals surface area contributed by atoms with Gasteiger partial charge in [0.25, 0.3) is 0 Å². The van der Waals surface area contributed by atoms with Crippen LogP contribution in [-0.4, -0.2) is 56.9 Å². The number of nitrogens with one attached hydrogen (secondary N) is 1. The van der Waals surface area contributed by atoms with Gasteiger partial charge in [-0.15, -0.1) is 24.0 Å². The van der Waals surface area contributed by atoms with Gasteiger partial charge in [-0.05, 0) is 12.5 Å². The van der Waals surface area contributed by atoms with Crippen molar-refractivity contribution in [1.29, 1.82) is 0 Å². The van der Waals surface area contributed by atoms with Gasteiger partial charge in [-0.25, -0.2) is 4.99 Å². The van der Waals surface area contributed by atoms with Gasteiger partial charge >= 0.3 is 0 Å². The summed E-state index contributed by atoms with van der Waals surface area (Å²) in [7, 11) is 0. The van der Waals surface area contributed by atoms with E-state index in [9.17, 15) is 0 Å². The van der Waals surface area contributed by atoms with Crippen LogP contribution in [0.5, 0.6) is 5.75 Å². The molecule has 25 heavy (non-hydrogen) atoms. The van der Waals surface area contributed by atoms with Crippen LogP contribution in [0.3, 0.4) is 0 Å². The molecule has 0 aliphatic carbocycles. The Balaban J connectivity index is 0.00000312. The second-order valence-corrected chi connectivity index (χ2v) is 5.89. The normalized spacial score (nSPS) is 15.5. The van der Waals surface area contributed by atoms with Crippen molar-refractivity contribution in [3.05, 3.63) is 29.8 Å². The highest BCUT2D eigenvalue weighted by molar-refractivity contribution is 14.0. The largest absolute Gasteiger partial charge is 0.492 e. The van der Waals surface area contributed by atoms with Crippen molar-refractivity contribution in [2.24, 2.45) is 10.7 Å². The van der Waals surface area contributed by atoms with Gasteiger partial charge in [0.2, 0.25) is 0 Å². The molecule has 1 aromatic rings. The zero-order valence-electron chi connectivity index (χ0n) is 15.1. The number of para-hydroxylation sites is 1. The number of rotatable bonds is 9. The van der Waals surface area contributed by atoms with E-state index in [1.807, 2.05) is 24.3 Å². The van der Waals surface area contributed by atoms with E-state index in [2.05, 4.69) is 22.1 Å². The van der Waals surface area contributed by atoms with Crippen molar-refractivity contribution in [1.82, 2.24) is 10.2 Å². The lowest BCUT2D eigenvalue weighted by molar-refractivity contribution is 0.0322. The predicted molar refractivity (Wildman–Crippen MR) is 113 cm³/mol. The molecule has 2 rings (SSSR count). The van der Waals surface area contributed by atoms with Gasteiger partial charge in [0.15, 0.2) is 5.96 Å². The van der Waals surface area contributed by atoms with Crippen molar-refractivity contribution in [2.45, 2.75) is 26.3 Å². The molecule has 0 radical (unpaired) electrons. The average molecular weight is 462 g/mol. The number of halogens is 1. The first-order valence-corrected chi connectivity index (χ1v) is 8.84. The number of hydrogen-bond donors (Lipinski definition) is 2. The van der Waals surface area contributed by atoms with Crippen molar-refractivity contribution in [2.75, 3.05) is 46.0 Å². The number of unbranched alkanes of at least 4 members (excludes halogenated alkanes) is 1. The first kappa shape index (κ1) is 22.0. The first-order chi connectivity index (χ1) is 11.8. The van der Waals surface area contributed by atoms with Crippen LogP contribution in [0, 0.1) is 0 Å². The number of benzene rings is 1. The van der Waals surface area contributed by atoms with Gasteiger partial charge in [0.1, 0.15) is 12.4 Å². The van der Waals surface area contributed by atoms with Gasteiger partial charge in [-0.1, -0.05) is 31.5 Å². The molecule has 0 aromatic heterocycles. The lowest BCUT2D eigenvalue weighted by Gasteiger charge is -2.26. The Morgan fingerprint density at radius 2 is 2.08 bits per heavy atom. The van der Waals surface area contributed by atoms with E-state index in [0.717, 1.165) is 63.5 Å². The summed E-state index contributed by atoms with van der Waals surface area (Å²) in [5, 5.41) is 3.13. The Hall–Kier alpha value is -1.06. The third-order valence-electron chi connectivity index (χ3n) is 4.00. The molecule has 1 saturated heterocycles. The fourth-order valence-corrected chi connectivity index (χ4v) is 2.50. The molecular formula is C18H31IN4O2. The van der Waals surface area contributed by atoms with Crippen LogP contribution in [0.1, 0.15) is 25.3 Å². The Bertz CT molecular complexity index is 508. The highest BCUT2D eigenvalue weighted by Crippen LogP contribution is 2.18. The number of guanidine groups is 1. The van der Waals surface area contributed by atoms with Gasteiger partial charge in [-0.2, -0.15) is 0 Å². The second kappa shape index (κ2) is 13.2. The molecule has 0 spiro atoms. The number of morpholine rings is 1. The third-order valence-corrected chi connectivity index (χ3v) is 4.00. The van der Waals surface area contributed by atoms with Crippen LogP contribution in [0.15, 0.2) is 29.3 Å². The van der Waals surface area contributed by atoms with Crippen LogP contribution in [-0.2, 0) is 11.3 Å². The topological polar surface area (TPSA) is 72.1 Å². The zero-order chi connectivity index (χ0) is 17.0. The summed E-state index contributed by atoms with van der Waals surface area (Å²) in [6.07, 6.45) is 2.23. The summed E-state index contributed by atoms with van der Waals surface area (Å²) in [6.45, 7) is 8.73. The number of ether oxygens (including phenoxy) is 2. The van der Waals surface area contributed by atoms with Crippen LogP contribution in [0.25, 0.3) is 0 Å². The first-order valence-electron chi connectivity index (χ1n) is 8.84. The summed E-state index contributed by atoms with van der Waals surface area (Å²) < 4.78 is 11.3. The van der Waals surface area contributed by atoms with E-state index >= 15 is 0 Å². The van der Waals surface area contributed by atoms with E-state index in [0.29, 0.717) is 19.1 Å². The Morgan fingerprint density at radius 3 is 2.84 bits per heavy atom. The highest BCUT2D eigenvalue weighted by Gasteiger charge is 2.10. The smallest absolute Gasteiger partial charge is 0.188 e. The molecule has 6 nitrogen and oxygen atoms in total. The van der Waals surface area contributed by atoms with Gasteiger partial charge in [-0.3, -0.25) is 4.90 Å². The van der Waals surface area contributed by atoms with Gasteiger partial charge in [0.05, 0.1) is 19.8 Å². The van der Waals surface area contributed by atoms with Gasteiger partial charge in [0, 0.05) is 31.7 Å². The molecule has 0 unspecified atom stereocenters. The van der Waals surface area contributed by atoms with Crippen molar-refractivity contribution >= 4 is 29.9 Å². The SMILES string of the molecule is CCCCNC(N)=NCc1ccccc1OCCN1CCOCC1.I. The number of nitrogens with zero attached hydrogens (tertiary/aromatic N) is 2. The molecule has 0 atom stereocenters. The molecule has 3 N–H and O–H groups in total. The van der Waals surface area contributed by atoms with E-state index in [-0.39, 0.29) is 24.0 Å². The minimum absolute atomic E-state index is 0. The lowest BCUT2D eigenvalue weighted by Crippen LogP contribution is -2.38. The Morgan fingerprint density at radius 1 is 1.32 bits per heavy atom. The predicted octanol–water partition coefficient (Wildman–Crippen LogP) is 2.22. The standard InChI is InChI=1S/C18H30N4O2.HI/c1-2-3-8-20-18(19)21-15-16-6-4-5-7-17(16)24-14-11-22-9-12-23-13-10-22;/h4-7H,2-3,8-15H2,1H3,(H3,19,20,21);1H. The monoisotopic (exact) mass is 462 g/mol. The summed E-state index contributed by atoms with van der Waals surface area (Å²) in [6, 6.07) is 8.01. The molecule has 1 heterocycles. The van der Waals surface area contributed by atoms with Crippen molar-refractivity contribution < 1.29 is 9.47 Å². The zero-order valence-corrected chi connectivity index (χ0v) is 17.4. The fourth-order valence-electron chi connectivity index (χ4n) is 2.50. The molecule has 1 aliphatic heterocycles. The molecule has 1 aromatic carbocycles. The number of hydrogen-bond acceptors (Lipinski definition) is 4. The Labute approximate surface area is 168 Å². The average Bonchev–Trinajstić information content (AvgIpc) is 2.62. The maximum absolute atomic E-state index is 5.96. The van der Waals surface area contributed by atoms with Crippen molar-refractivity contribution in [3.63, 3.8) is 0 Å². The molecule has 7 heteroatoms. The molecule has 0 amide bonds. The summed E-state index contributed by atoms with van der Waals surface area (Å²) >= 11 is 0. The summed E-state index contributed by atoms with van der Waals surface area (Å²) in [4.78, 5) is 6.76. The van der Waals surface area contributed by atoms with E-state index in [1.165, 1.54) is 0 Å². The third kappa shape index (κ3) is 8.73. The molecule has 1 fully saturated rings. The number of aliphatic imine (C=N–C) groups is 1. The van der Waals surface area contributed by atoms with Crippen molar-refractivity contribution in [3.8, 4) is 5.75 Å². The minimum atomic E-state index is 0. The van der Waals surface area contributed by atoms with E-state index in [4.69, 9.17) is 15.2 Å². The summed E-state index contributed by atoms with van der Waals surface area (Å²) in [5.41, 5.74) is 6.94. The molecular weight excluding hydrogens is 431 g/mol. The molecule has 0 saturated carbocycles. The maximum Gasteiger partial charge on any atom is 0.188 e. The number of nitrogens with two attached hydrogens (primary N) is 1. The Kier molecular flexibility index (Phi) is 11.6. The van der Waals surface area contributed by atoms with Crippen LogP contribution < -0.4 is 15.8 Å². The lowest BCUT2D eigenvalue weighted by atomic mass is 10.2. The minimum Gasteiger partial charge on any atom is -0.492 e. The molecule has 142 valence electrons.